The maximum Gasteiger partial charge on any atom is -0.000292 e. The minimum Gasteiger partial charge on any atom is -0.148 e. The van der Waals surface area contributed by atoms with Crippen LogP contribution < -0.4 is 0 Å². The van der Waals surface area contributed by atoms with E-state index in [-0.39, 0.29) is 0 Å². The van der Waals surface area contributed by atoms with Gasteiger partial charge >= 0.3 is 0 Å². The Bertz CT molecular complexity index is 575. The molecule has 0 aromatic rings. The minimum absolute atomic E-state index is 0.355. The first-order valence-corrected chi connectivity index (χ1v) is 8.56. The molecule has 0 spiro atoms. The van der Waals surface area contributed by atoms with Crippen molar-refractivity contribution in [3.63, 3.8) is 0 Å². The Morgan fingerprint density at radius 2 is 2.05 bits per heavy atom. The molecule has 1 fully saturated rings. The van der Waals surface area contributed by atoms with Crippen LogP contribution in [0.5, 0.6) is 0 Å². The number of hydrogen-bond donors (Lipinski definition) is 1. The molecule has 4 unspecified atom stereocenters. The Morgan fingerprint density at radius 3 is 2.90 bits per heavy atom. The molecule has 0 aromatic carbocycles. The van der Waals surface area contributed by atoms with Crippen LogP contribution in [0.1, 0.15) is 46.0 Å². The van der Waals surface area contributed by atoms with Crippen molar-refractivity contribution >= 4 is 12.6 Å². The standard InChI is InChI=1S/C19H24S/c1-12-3-5-16-15(12)7-8-18-17(16)6-4-13-11-14(20)9-10-19(13,18)2/h4-6,11-12,15,18,20H,3,7-10H2,1-2H3. The van der Waals surface area contributed by atoms with E-state index in [1.54, 1.807) is 11.1 Å². The van der Waals surface area contributed by atoms with Crippen molar-refractivity contribution < 1.29 is 0 Å². The summed E-state index contributed by atoms with van der Waals surface area (Å²) in [4.78, 5) is 1.26. The lowest BCUT2D eigenvalue weighted by Gasteiger charge is -2.48. The van der Waals surface area contributed by atoms with Gasteiger partial charge in [-0.15, -0.1) is 12.6 Å². The maximum atomic E-state index is 4.59. The SMILES string of the molecule is CC1CC=C2C3=CC=C4C=C(S)CCC4(C)C3CCC21. The molecule has 0 aromatic heterocycles. The molecule has 0 radical (unpaired) electrons. The smallest absolute Gasteiger partial charge is 0.000292 e. The third-order valence-corrected chi connectivity index (χ3v) is 6.72. The second-order valence-corrected chi connectivity index (χ2v) is 7.98. The molecule has 106 valence electrons. The van der Waals surface area contributed by atoms with Crippen LogP contribution in [0.15, 0.2) is 45.9 Å². The first-order valence-electron chi connectivity index (χ1n) is 8.12. The molecule has 4 aliphatic rings. The van der Waals surface area contributed by atoms with Crippen molar-refractivity contribution in [1.82, 2.24) is 0 Å². The van der Waals surface area contributed by atoms with E-state index < -0.39 is 0 Å². The van der Waals surface area contributed by atoms with Gasteiger partial charge in [0.2, 0.25) is 0 Å². The summed E-state index contributed by atoms with van der Waals surface area (Å²) in [6, 6.07) is 0. The van der Waals surface area contributed by atoms with Crippen LogP contribution in [-0.4, -0.2) is 0 Å². The minimum atomic E-state index is 0.355. The predicted octanol–water partition coefficient (Wildman–Crippen LogP) is 5.46. The lowest BCUT2D eigenvalue weighted by molar-refractivity contribution is 0.202. The van der Waals surface area contributed by atoms with Gasteiger partial charge in [0.25, 0.3) is 0 Å². The van der Waals surface area contributed by atoms with Crippen LogP contribution in [0.3, 0.4) is 0 Å². The van der Waals surface area contributed by atoms with E-state index in [1.807, 2.05) is 0 Å². The maximum absolute atomic E-state index is 4.59. The number of hydrogen-bond acceptors (Lipinski definition) is 1. The molecule has 0 heterocycles. The van der Waals surface area contributed by atoms with Crippen molar-refractivity contribution in [2.75, 3.05) is 0 Å². The first-order chi connectivity index (χ1) is 9.59. The van der Waals surface area contributed by atoms with Crippen molar-refractivity contribution in [3.8, 4) is 0 Å². The molecule has 0 N–H and O–H groups in total. The molecular weight excluding hydrogens is 260 g/mol. The van der Waals surface area contributed by atoms with Gasteiger partial charge in [0.05, 0.1) is 0 Å². The molecular formula is C19H24S. The quantitative estimate of drug-likeness (QED) is 0.561. The summed E-state index contributed by atoms with van der Waals surface area (Å²) >= 11 is 4.59. The Labute approximate surface area is 128 Å². The summed E-state index contributed by atoms with van der Waals surface area (Å²) in [5, 5.41) is 0. The van der Waals surface area contributed by atoms with Crippen molar-refractivity contribution in [2.24, 2.45) is 23.2 Å². The largest absolute Gasteiger partial charge is 0.148 e. The Kier molecular flexibility index (Phi) is 2.86. The van der Waals surface area contributed by atoms with Crippen LogP contribution in [0.25, 0.3) is 0 Å². The second-order valence-electron chi connectivity index (χ2n) is 7.41. The molecule has 1 heteroatoms. The third-order valence-electron chi connectivity index (χ3n) is 6.36. The van der Waals surface area contributed by atoms with Gasteiger partial charge in [0.15, 0.2) is 0 Å². The number of allylic oxidation sites excluding steroid dienone is 8. The van der Waals surface area contributed by atoms with Crippen LogP contribution in [0.4, 0.5) is 0 Å². The summed E-state index contributed by atoms with van der Waals surface area (Å²) in [7, 11) is 0. The van der Waals surface area contributed by atoms with E-state index in [2.05, 4.69) is 50.8 Å². The average Bonchev–Trinajstić information content (AvgIpc) is 2.82. The van der Waals surface area contributed by atoms with Gasteiger partial charge in [0, 0.05) is 0 Å². The normalized spacial score (nSPS) is 42.6. The third kappa shape index (κ3) is 1.68. The lowest BCUT2D eigenvalue weighted by Crippen LogP contribution is -2.38. The highest BCUT2D eigenvalue weighted by Gasteiger charge is 2.47. The van der Waals surface area contributed by atoms with Crippen LogP contribution in [-0.2, 0) is 0 Å². The van der Waals surface area contributed by atoms with Crippen LogP contribution >= 0.6 is 12.6 Å². The average molecular weight is 284 g/mol. The van der Waals surface area contributed by atoms with Crippen molar-refractivity contribution in [1.29, 1.82) is 0 Å². The number of thiol groups is 1. The van der Waals surface area contributed by atoms with E-state index in [4.69, 9.17) is 0 Å². The fourth-order valence-electron chi connectivity index (χ4n) is 5.03. The Morgan fingerprint density at radius 1 is 1.20 bits per heavy atom. The van der Waals surface area contributed by atoms with Gasteiger partial charge in [-0.1, -0.05) is 32.1 Å². The second kappa shape index (κ2) is 4.40. The Balaban J connectivity index is 1.79. The van der Waals surface area contributed by atoms with Gasteiger partial charge in [-0.2, -0.15) is 0 Å². The van der Waals surface area contributed by atoms with Gasteiger partial charge in [-0.25, -0.2) is 0 Å². The summed E-state index contributed by atoms with van der Waals surface area (Å²) in [6.07, 6.45) is 16.2. The van der Waals surface area contributed by atoms with Crippen molar-refractivity contribution in [2.45, 2.75) is 46.0 Å². The topological polar surface area (TPSA) is 0 Å². The van der Waals surface area contributed by atoms with E-state index in [0.717, 1.165) is 24.2 Å². The van der Waals surface area contributed by atoms with E-state index >= 15 is 0 Å². The molecule has 4 aliphatic carbocycles. The van der Waals surface area contributed by atoms with E-state index in [1.165, 1.54) is 36.2 Å². The monoisotopic (exact) mass is 284 g/mol. The molecule has 20 heavy (non-hydrogen) atoms. The van der Waals surface area contributed by atoms with E-state index in [9.17, 15) is 0 Å². The predicted molar refractivity (Wildman–Crippen MR) is 88.7 cm³/mol. The molecule has 0 saturated heterocycles. The highest BCUT2D eigenvalue weighted by atomic mass is 32.1. The fraction of sp³-hybridized carbons (Fsp3) is 0.579. The van der Waals surface area contributed by atoms with Crippen molar-refractivity contribution in [3.05, 3.63) is 45.9 Å². The molecule has 0 nitrogen and oxygen atoms in total. The zero-order valence-corrected chi connectivity index (χ0v) is 13.4. The molecule has 0 aliphatic heterocycles. The number of rotatable bonds is 0. The molecule has 4 rings (SSSR count). The molecule has 0 bridgehead atoms. The van der Waals surface area contributed by atoms with Gasteiger partial charge < -0.3 is 0 Å². The van der Waals surface area contributed by atoms with Gasteiger partial charge in [-0.05, 0) is 83.0 Å². The highest BCUT2D eigenvalue weighted by Crippen LogP contribution is 2.58. The first kappa shape index (κ1) is 13.0. The summed E-state index contributed by atoms with van der Waals surface area (Å²) in [5.74, 6) is 2.45. The molecule has 1 saturated carbocycles. The Hall–Kier alpha value is -0.690. The molecule has 4 atom stereocenters. The lowest BCUT2D eigenvalue weighted by atomic mass is 9.56. The van der Waals surface area contributed by atoms with Crippen LogP contribution in [0, 0.1) is 23.2 Å². The van der Waals surface area contributed by atoms with Gasteiger partial charge in [0.1, 0.15) is 0 Å². The zero-order valence-electron chi connectivity index (χ0n) is 12.5. The zero-order chi connectivity index (χ0) is 13.9. The summed E-state index contributed by atoms with van der Waals surface area (Å²) < 4.78 is 0. The number of fused-ring (bicyclic) bond motifs is 5. The highest BCUT2D eigenvalue weighted by molar-refractivity contribution is 7.84. The van der Waals surface area contributed by atoms with Crippen LogP contribution in [0.2, 0.25) is 0 Å². The van der Waals surface area contributed by atoms with E-state index in [0.29, 0.717) is 5.41 Å². The summed E-state index contributed by atoms with van der Waals surface area (Å²) in [6.45, 7) is 4.92. The fourth-order valence-corrected chi connectivity index (χ4v) is 5.28. The molecule has 0 amide bonds. The van der Waals surface area contributed by atoms with Gasteiger partial charge in [-0.3, -0.25) is 0 Å². The summed E-state index contributed by atoms with van der Waals surface area (Å²) in [5.41, 5.74) is 5.25.